The number of nitriles is 1. The van der Waals surface area contributed by atoms with Crippen LogP contribution in [0.4, 0.5) is 5.95 Å². The van der Waals surface area contributed by atoms with Gasteiger partial charge >= 0.3 is 0 Å². The third kappa shape index (κ3) is 5.10. The number of hydrogen-bond donors (Lipinski definition) is 2. The van der Waals surface area contributed by atoms with Gasteiger partial charge in [0.1, 0.15) is 11.6 Å². The van der Waals surface area contributed by atoms with Crippen LogP contribution in [0.1, 0.15) is 36.5 Å². The Hall–Kier alpha value is -3.76. The molecular formula is C25H26N6O. The smallest absolute Gasteiger partial charge is 0.270 e. The Morgan fingerprint density at radius 1 is 1.25 bits per heavy atom. The van der Waals surface area contributed by atoms with E-state index in [0.717, 1.165) is 31.1 Å². The van der Waals surface area contributed by atoms with Gasteiger partial charge in [-0.3, -0.25) is 14.7 Å². The van der Waals surface area contributed by atoms with Crippen molar-refractivity contribution in [1.29, 1.82) is 5.26 Å². The molecular weight excluding hydrogens is 400 g/mol. The fraction of sp³-hybridized carbons (Fsp3) is 0.280. The number of benzene rings is 2. The van der Waals surface area contributed by atoms with Gasteiger partial charge in [0, 0.05) is 18.7 Å². The monoisotopic (exact) mass is 426 g/mol. The second kappa shape index (κ2) is 10.0. The van der Waals surface area contributed by atoms with E-state index in [0.29, 0.717) is 11.3 Å². The van der Waals surface area contributed by atoms with Crippen molar-refractivity contribution < 1.29 is 0 Å². The Labute approximate surface area is 187 Å². The molecule has 1 fully saturated rings. The van der Waals surface area contributed by atoms with E-state index in [1.807, 2.05) is 54.6 Å². The highest BCUT2D eigenvalue weighted by Crippen LogP contribution is 2.20. The normalized spacial score (nSPS) is 16.7. The van der Waals surface area contributed by atoms with Crippen molar-refractivity contribution in [3.05, 3.63) is 81.6 Å². The Bertz CT molecular complexity index is 1200. The Kier molecular flexibility index (Phi) is 6.73. The lowest BCUT2D eigenvalue weighted by Crippen LogP contribution is -2.34. The van der Waals surface area contributed by atoms with Crippen LogP contribution in [0, 0.1) is 17.2 Å². The first-order valence-electron chi connectivity index (χ1n) is 10.8. The molecule has 0 saturated carbocycles. The minimum Gasteiger partial charge on any atom is -0.299 e. The van der Waals surface area contributed by atoms with Crippen molar-refractivity contribution in [3.8, 4) is 17.3 Å². The molecule has 0 amide bonds. The number of nitrogens with one attached hydrogen (secondary N) is 2. The van der Waals surface area contributed by atoms with Crippen molar-refractivity contribution in [2.45, 2.75) is 26.3 Å². The standard InChI is InChI=1S/C25H26N6O/c1-18-8-7-13-31(16-18)17-21-12-6-5-11-20(21)15-27-30-25-28-23(19-9-3-2-4-10-19)22(14-26)24(32)29-25/h2-6,9-12,15,18H,7-8,13,16-17H2,1H3,(H2,28,29,30,32). The van der Waals surface area contributed by atoms with Crippen molar-refractivity contribution in [1.82, 2.24) is 14.9 Å². The highest BCUT2D eigenvalue weighted by molar-refractivity contribution is 5.82. The Morgan fingerprint density at radius 3 is 2.81 bits per heavy atom. The largest absolute Gasteiger partial charge is 0.299 e. The van der Waals surface area contributed by atoms with Crippen molar-refractivity contribution in [2.24, 2.45) is 11.0 Å². The summed E-state index contributed by atoms with van der Waals surface area (Å²) in [6.07, 6.45) is 4.27. The van der Waals surface area contributed by atoms with Gasteiger partial charge in [0.05, 0.1) is 11.9 Å². The van der Waals surface area contributed by atoms with Crippen molar-refractivity contribution in [3.63, 3.8) is 0 Å². The highest BCUT2D eigenvalue weighted by atomic mass is 16.1. The van der Waals surface area contributed by atoms with E-state index in [2.05, 4.69) is 38.4 Å². The fourth-order valence-corrected chi connectivity index (χ4v) is 4.07. The lowest BCUT2D eigenvalue weighted by Gasteiger charge is -2.31. The average Bonchev–Trinajstić information content (AvgIpc) is 2.80. The van der Waals surface area contributed by atoms with E-state index in [1.54, 1.807) is 6.21 Å². The molecule has 2 aromatic carbocycles. The molecule has 4 rings (SSSR count). The van der Waals surface area contributed by atoms with Gasteiger partial charge in [-0.25, -0.2) is 10.4 Å². The summed E-state index contributed by atoms with van der Waals surface area (Å²) in [7, 11) is 0. The molecule has 2 N–H and O–H groups in total. The summed E-state index contributed by atoms with van der Waals surface area (Å²) in [5.41, 5.74) is 5.53. The summed E-state index contributed by atoms with van der Waals surface area (Å²) < 4.78 is 0. The predicted molar refractivity (Wildman–Crippen MR) is 126 cm³/mol. The summed E-state index contributed by atoms with van der Waals surface area (Å²) >= 11 is 0. The van der Waals surface area contributed by atoms with Gasteiger partial charge in [0.2, 0.25) is 5.95 Å². The maximum absolute atomic E-state index is 12.4. The summed E-state index contributed by atoms with van der Waals surface area (Å²) in [6, 6.07) is 19.3. The van der Waals surface area contributed by atoms with Crippen LogP contribution in [0.25, 0.3) is 11.3 Å². The number of aromatic amines is 1. The summed E-state index contributed by atoms with van der Waals surface area (Å²) in [6.45, 7) is 5.42. The summed E-state index contributed by atoms with van der Waals surface area (Å²) in [5.74, 6) is 0.913. The molecule has 162 valence electrons. The molecule has 0 radical (unpaired) electrons. The molecule has 7 nitrogen and oxygen atoms in total. The first kappa shape index (κ1) is 21.5. The molecule has 32 heavy (non-hydrogen) atoms. The first-order chi connectivity index (χ1) is 15.6. The van der Waals surface area contributed by atoms with E-state index < -0.39 is 5.56 Å². The van der Waals surface area contributed by atoms with Crippen LogP contribution in [0.2, 0.25) is 0 Å². The molecule has 1 aromatic heterocycles. The number of hydrogen-bond acceptors (Lipinski definition) is 6. The Morgan fingerprint density at radius 2 is 2.03 bits per heavy atom. The van der Waals surface area contributed by atoms with Crippen LogP contribution < -0.4 is 11.0 Å². The van der Waals surface area contributed by atoms with Crippen LogP contribution in [0.5, 0.6) is 0 Å². The Balaban J connectivity index is 1.53. The van der Waals surface area contributed by atoms with Gasteiger partial charge in [0.15, 0.2) is 0 Å². The van der Waals surface area contributed by atoms with Crippen molar-refractivity contribution >= 4 is 12.2 Å². The zero-order chi connectivity index (χ0) is 22.3. The predicted octanol–water partition coefficient (Wildman–Crippen LogP) is 3.99. The van der Waals surface area contributed by atoms with Gasteiger partial charge in [-0.1, -0.05) is 61.5 Å². The minimum atomic E-state index is -0.501. The molecule has 1 unspecified atom stereocenters. The van der Waals surface area contributed by atoms with Crippen LogP contribution in [-0.2, 0) is 6.54 Å². The van der Waals surface area contributed by atoms with Gasteiger partial charge in [-0.05, 0) is 36.4 Å². The highest BCUT2D eigenvalue weighted by Gasteiger charge is 2.17. The molecule has 7 heteroatoms. The number of piperidine rings is 1. The maximum atomic E-state index is 12.4. The maximum Gasteiger partial charge on any atom is 0.270 e. The van der Waals surface area contributed by atoms with E-state index in [-0.39, 0.29) is 11.5 Å². The average molecular weight is 427 g/mol. The van der Waals surface area contributed by atoms with Crippen molar-refractivity contribution in [2.75, 3.05) is 18.5 Å². The van der Waals surface area contributed by atoms with E-state index in [1.165, 1.54) is 18.4 Å². The number of rotatable bonds is 6. The van der Waals surface area contributed by atoms with Crippen LogP contribution in [0.15, 0.2) is 64.5 Å². The number of likely N-dealkylation sites (tertiary alicyclic amines) is 1. The molecule has 1 saturated heterocycles. The molecule has 1 aliphatic heterocycles. The lowest BCUT2D eigenvalue weighted by molar-refractivity contribution is 0.176. The minimum absolute atomic E-state index is 0.0214. The number of aromatic nitrogens is 2. The van der Waals surface area contributed by atoms with E-state index in [4.69, 9.17) is 0 Å². The third-order valence-electron chi connectivity index (χ3n) is 5.64. The molecule has 3 aromatic rings. The topological polar surface area (TPSA) is 97.2 Å². The van der Waals surface area contributed by atoms with Gasteiger partial charge < -0.3 is 0 Å². The fourth-order valence-electron chi connectivity index (χ4n) is 4.07. The van der Waals surface area contributed by atoms with Crippen LogP contribution >= 0.6 is 0 Å². The lowest BCUT2D eigenvalue weighted by atomic mass is 9.99. The van der Waals surface area contributed by atoms with Crippen LogP contribution in [0.3, 0.4) is 0 Å². The zero-order valence-electron chi connectivity index (χ0n) is 18.1. The number of H-pyrrole nitrogens is 1. The van der Waals surface area contributed by atoms with Gasteiger partial charge in [-0.2, -0.15) is 10.4 Å². The van der Waals surface area contributed by atoms with Crippen LogP contribution in [-0.4, -0.2) is 34.2 Å². The first-order valence-corrected chi connectivity index (χ1v) is 10.8. The zero-order valence-corrected chi connectivity index (χ0v) is 18.1. The molecule has 0 bridgehead atoms. The quantitative estimate of drug-likeness (QED) is 0.459. The van der Waals surface area contributed by atoms with Gasteiger partial charge in [0.25, 0.3) is 5.56 Å². The molecule has 0 spiro atoms. The second-order valence-electron chi connectivity index (χ2n) is 8.17. The van der Waals surface area contributed by atoms with E-state index in [9.17, 15) is 10.1 Å². The van der Waals surface area contributed by atoms with E-state index >= 15 is 0 Å². The number of anilines is 1. The van der Waals surface area contributed by atoms with Gasteiger partial charge in [-0.15, -0.1) is 0 Å². The summed E-state index contributed by atoms with van der Waals surface area (Å²) in [5, 5.41) is 13.7. The molecule has 0 aliphatic carbocycles. The molecule has 2 heterocycles. The summed E-state index contributed by atoms with van der Waals surface area (Å²) in [4.78, 5) is 21.9. The SMILES string of the molecule is CC1CCCN(Cc2ccccc2C=NNc2nc(-c3ccccc3)c(C#N)c(=O)[nH]2)C1. The second-order valence-corrected chi connectivity index (χ2v) is 8.17. The third-order valence-corrected chi connectivity index (χ3v) is 5.64. The molecule has 1 aliphatic rings. The molecule has 1 atom stereocenters. The number of hydrazone groups is 1. The number of nitrogens with zero attached hydrogens (tertiary/aromatic N) is 4.